The Balaban J connectivity index is 1.54. The van der Waals surface area contributed by atoms with Crippen molar-refractivity contribution in [1.82, 2.24) is 24.8 Å². The highest BCUT2D eigenvalue weighted by Crippen LogP contribution is 2.19. The van der Waals surface area contributed by atoms with Crippen LogP contribution in [-0.2, 0) is 11.3 Å². The van der Waals surface area contributed by atoms with E-state index < -0.39 is 0 Å². The lowest BCUT2D eigenvalue weighted by molar-refractivity contribution is -0.116. The van der Waals surface area contributed by atoms with E-state index >= 15 is 0 Å². The van der Waals surface area contributed by atoms with Crippen LogP contribution >= 0.6 is 0 Å². The molecule has 1 aliphatic heterocycles. The highest BCUT2D eigenvalue weighted by molar-refractivity contribution is 5.89. The molecule has 1 atom stereocenters. The summed E-state index contributed by atoms with van der Waals surface area (Å²) in [6.07, 6.45) is 3.97. The third-order valence-electron chi connectivity index (χ3n) is 4.62. The number of carbonyl (C=O) groups is 1. The molecule has 3 rings (SSSR count). The first-order valence-corrected chi connectivity index (χ1v) is 8.86. The van der Waals surface area contributed by atoms with Crippen molar-refractivity contribution in [2.45, 2.75) is 59.0 Å². The molecule has 8 nitrogen and oxygen atoms in total. The highest BCUT2D eigenvalue weighted by Gasteiger charge is 2.24. The predicted octanol–water partition coefficient (Wildman–Crippen LogP) is 2.07. The van der Waals surface area contributed by atoms with Crippen molar-refractivity contribution in [3.63, 3.8) is 0 Å². The molecule has 1 amide bonds. The minimum absolute atomic E-state index is 0.0367. The quantitative estimate of drug-likeness (QED) is 0.861. The van der Waals surface area contributed by atoms with Gasteiger partial charge in [-0.1, -0.05) is 11.6 Å². The van der Waals surface area contributed by atoms with Gasteiger partial charge in [0.1, 0.15) is 17.4 Å². The maximum absolute atomic E-state index is 12.1. The molecule has 0 spiro atoms. The number of aryl methyl sites for hydroxylation is 3. The molecular formula is C17H26N6O2. The molecule has 0 bridgehead atoms. The minimum Gasteiger partial charge on any atom is -0.360 e. The first-order chi connectivity index (χ1) is 12.0. The third kappa shape index (κ3) is 4.66. The first-order valence-electron chi connectivity index (χ1n) is 8.86. The van der Waals surface area contributed by atoms with Crippen molar-refractivity contribution in [2.24, 2.45) is 0 Å². The molecule has 1 aliphatic rings. The van der Waals surface area contributed by atoms with Crippen molar-refractivity contribution in [1.29, 1.82) is 0 Å². The Bertz CT molecular complexity index is 723. The van der Waals surface area contributed by atoms with Gasteiger partial charge in [-0.15, -0.1) is 0 Å². The zero-order valence-electron chi connectivity index (χ0n) is 15.2. The van der Waals surface area contributed by atoms with Gasteiger partial charge < -0.3 is 9.84 Å². The van der Waals surface area contributed by atoms with E-state index in [1.54, 1.807) is 13.0 Å². The zero-order chi connectivity index (χ0) is 17.8. The van der Waals surface area contributed by atoms with Crippen LogP contribution in [0.1, 0.15) is 43.1 Å². The van der Waals surface area contributed by atoms with Crippen molar-refractivity contribution in [3.05, 3.63) is 23.5 Å². The largest absolute Gasteiger partial charge is 0.360 e. The van der Waals surface area contributed by atoms with Crippen LogP contribution in [0, 0.1) is 20.8 Å². The summed E-state index contributed by atoms with van der Waals surface area (Å²) in [6.45, 7) is 8.29. The lowest BCUT2D eigenvalue weighted by Crippen LogP contribution is -2.43. The Labute approximate surface area is 147 Å². The molecule has 2 aromatic rings. The van der Waals surface area contributed by atoms with Crippen LogP contribution in [0.5, 0.6) is 0 Å². The Hall–Kier alpha value is -2.22. The molecular weight excluding hydrogens is 320 g/mol. The maximum atomic E-state index is 12.1. The van der Waals surface area contributed by atoms with Crippen LogP contribution in [0.4, 0.5) is 5.82 Å². The molecule has 0 saturated carbocycles. The molecule has 0 aliphatic carbocycles. The Morgan fingerprint density at radius 3 is 2.88 bits per heavy atom. The molecule has 3 heterocycles. The highest BCUT2D eigenvalue weighted by atomic mass is 16.5. The van der Waals surface area contributed by atoms with Gasteiger partial charge in [0.2, 0.25) is 5.91 Å². The molecule has 25 heavy (non-hydrogen) atoms. The second kappa shape index (κ2) is 7.77. The standard InChI is InChI=1S/C17H26N6O2/c1-12-10-16(21-25-12)19-17(24)7-9-22-8-5-4-6-15(22)11-23-14(3)18-13(2)20-23/h10,15H,4-9,11H2,1-3H3,(H,19,21,24)/t15-/m1/s1. The summed E-state index contributed by atoms with van der Waals surface area (Å²) >= 11 is 0. The van der Waals surface area contributed by atoms with Crippen molar-refractivity contribution in [3.8, 4) is 0 Å². The summed E-state index contributed by atoms with van der Waals surface area (Å²) < 4.78 is 6.95. The van der Waals surface area contributed by atoms with Gasteiger partial charge in [-0.05, 0) is 40.2 Å². The first kappa shape index (κ1) is 17.6. The van der Waals surface area contributed by atoms with Crippen molar-refractivity contribution < 1.29 is 9.32 Å². The van der Waals surface area contributed by atoms with Gasteiger partial charge in [0, 0.05) is 25.1 Å². The summed E-state index contributed by atoms with van der Waals surface area (Å²) in [5.41, 5.74) is 0. The molecule has 0 unspecified atom stereocenters. The molecule has 0 radical (unpaired) electrons. The van der Waals surface area contributed by atoms with Gasteiger partial charge in [-0.2, -0.15) is 5.10 Å². The number of anilines is 1. The summed E-state index contributed by atoms with van der Waals surface area (Å²) in [4.78, 5) is 18.9. The molecule has 1 N–H and O–H groups in total. The molecule has 1 fully saturated rings. The molecule has 1 saturated heterocycles. The van der Waals surface area contributed by atoms with Crippen molar-refractivity contribution >= 4 is 11.7 Å². The van der Waals surface area contributed by atoms with E-state index in [1.807, 2.05) is 18.5 Å². The van der Waals surface area contributed by atoms with Gasteiger partial charge in [-0.3, -0.25) is 9.69 Å². The lowest BCUT2D eigenvalue weighted by atomic mass is 10.0. The molecule has 2 aromatic heterocycles. The number of piperidine rings is 1. The summed E-state index contributed by atoms with van der Waals surface area (Å²) in [5, 5.41) is 11.0. The van der Waals surface area contributed by atoms with E-state index in [2.05, 4.69) is 25.5 Å². The third-order valence-corrected chi connectivity index (χ3v) is 4.62. The summed E-state index contributed by atoms with van der Waals surface area (Å²) in [5.74, 6) is 2.88. The van der Waals surface area contributed by atoms with Crippen LogP contribution in [0.3, 0.4) is 0 Å². The Morgan fingerprint density at radius 2 is 2.20 bits per heavy atom. The molecule has 8 heteroatoms. The predicted molar refractivity (Wildman–Crippen MR) is 93.2 cm³/mol. The van der Waals surface area contributed by atoms with Gasteiger partial charge in [-0.25, -0.2) is 9.67 Å². The zero-order valence-corrected chi connectivity index (χ0v) is 15.2. The molecule has 136 valence electrons. The number of aromatic nitrogens is 4. The van der Waals surface area contributed by atoms with E-state index in [0.717, 1.165) is 37.7 Å². The van der Waals surface area contributed by atoms with Gasteiger partial charge in [0.25, 0.3) is 0 Å². The van der Waals surface area contributed by atoms with Gasteiger partial charge in [0.05, 0.1) is 6.54 Å². The molecule has 0 aromatic carbocycles. The average Bonchev–Trinajstić information content (AvgIpc) is 3.11. The van der Waals surface area contributed by atoms with E-state index in [4.69, 9.17) is 4.52 Å². The Kier molecular flexibility index (Phi) is 5.47. The van der Waals surface area contributed by atoms with Crippen molar-refractivity contribution in [2.75, 3.05) is 18.4 Å². The smallest absolute Gasteiger partial charge is 0.226 e. The Morgan fingerprint density at radius 1 is 1.36 bits per heavy atom. The van der Waals surface area contributed by atoms with Crippen LogP contribution in [0.2, 0.25) is 0 Å². The number of nitrogens with one attached hydrogen (secondary N) is 1. The SMILES string of the molecule is Cc1nc(C)n(C[C@H]2CCCCN2CCC(=O)Nc2cc(C)on2)n1. The second-order valence-electron chi connectivity index (χ2n) is 6.69. The summed E-state index contributed by atoms with van der Waals surface area (Å²) in [6, 6.07) is 2.12. The number of likely N-dealkylation sites (tertiary alicyclic amines) is 1. The fourth-order valence-corrected chi connectivity index (χ4v) is 3.37. The second-order valence-corrected chi connectivity index (χ2v) is 6.69. The van der Waals surface area contributed by atoms with E-state index in [-0.39, 0.29) is 5.91 Å². The fraction of sp³-hybridized carbons (Fsp3) is 0.647. The minimum atomic E-state index is -0.0367. The van der Waals surface area contributed by atoms with E-state index in [1.165, 1.54) is 12.8 Å². The van der Waals surface area contributed by atoms with Crippen LogP contribution in [0.15, 0.2) is 10.6 Å². The maximum Gasteiger partial charge on any atom is 0.226 e. The number of amides is 1. The van der Waals surface area contributed by atoms with Gasteiger partial charge >= 0.3 is 0 Å². The topological polar surface area (TPSA) is 89.1 Å². The normalized spacial score (nSPS) is 18.4. The monoisotopic (exact) mass is 346 g/mol. The van der Waals surface area contributed by atoms with E-state index in [9.17, 15) is 4.79 Å². The number of rotatable bonds is 6. The number of nitrogens with zero attached hydrogens (tertiary/aromatic N) is 5. The van der Waals surface area contributed by atoms with E-state index in [0.29, 0.717) is 24.0 Å². The summed E-state index contributed by atoms with van der Waals surface area (Å²) in [7, 11) is 0. The van der Waals surface area contributed by atoms with Crippen LogP contribution in [0.25, 0.3) is 0 Å². The number of carbonyl (C=O) groups excluding carboxylic acids is 1. The fourth-order valence-electron chi connectivity index (χ4n) is 3.37. The van der Waals surface area contributed by atoms with Crippen LogP contribution in [-0.4, -0.2) is 49.9 Å². The number of hydrogen-bond donors (Lipinski definition) is 1. The average molecular weight is 346 g/mol. The van der Waals surface area contributed by atoms with Crippen LogP contribution < -0.4 is 5.32 Å². The number of hydrogen-bond acceptors (Lipinski definition) is 6. The van der Waals surface area contributed by atoms with Gasteiger partial charge in [0.15, 0.2) is 5.82 Å². The lowest BCUT2D eigenvalue weighted by Gasteiger charge is -2.35.